The molecule has 0 N–H and O–H groups in total. The third kappa shape index (κ3) is 2.28. The SMILES string of the molecule is N#Cc1nc2ccc3ncn(Cc4ccccc4)c(=O)c3c2s1. The third-order valence-electron chi connectivity index (χ3n) is 3.64. The molecule has 6 heteroatoms. The fourth-order valence-electron chi connectivity index (χ4n) is 2.56. The number of nitriles is 1. The molecule has 0 amide bonds. The first-order valence-electron chi connectivity index (χ1n) is 6.99. The minimum Gasteiger partial charge on any atom is -0.294 e. The molecule has 0 bridgehead atoms. The fraction of sp³-hybridized carbons (Fsp3) is 0.0588. The van der Waals surface area contributed by atoms with Crippen molar-refractivity contribution >= 4 is 32.5 Å². The monoisotopic (exact) mass is 318 g/mol. The van der Waals surface area contributed by atoms with Gasteiger partial charge in [0, 0.05) is 0 Å². The van der Waals surface area contributed by atoms with Crippen LogP contribution in [0.25, 0.3) is 21.1 Å². The Morgan fingerprint density at radius 2 is 1.91 bits per heavy atom. The number of aromatic nitrogens is 3. The van der Waals surface area contributed by atoms with E-state index in [0.29, 0.717) is 28.0 Å². The summed E-state index contributed by atoms with van der Waals surface area (Å²) in [6.45, 7) is 0.461. The Bertz CT molecular complexity index is 1120. The van der Waals surface area contributed by atoms with Crippen LogP contribution >= 0.6 is 11.3 Å². The highest BCUT2D eigenvalue weighted by molar-refractivity contribution is 7.20. The van der Waals surface area contributed by atoms with Crippen molar-refractivity contribution in [3.8, 4) is 6.07 Å². The molecule has 2 aromatic carbocycles. The van der Waals surface area contributed by atoms with Gasteiger partial charge in [0.15, 0.2) is 5.01 Å². The van der Waals surface area contributed by atoms with Crippen LogP contribution in [0.5, 0.6) is 0 Å². The van der Waals surface area contributed by atoms with Crippen LogP contribution in [0.4, 0.5) is 0 Å². The molecule has 0 aliphatic heterocycles. The first kappa shape index (κ1) is 13.6. The molecule has 0 fully saturated rings. The summed E-state index contributed by atoms with van der Waals surface area (Å²) in [4.78, 5) is 21.5. The molecule has 0 unspecified atom stereocenters. The molecule has 0 saturated heterocycles. The number of benzene rings is 2. The van der Waals surface area contributed by atoms with Gasteiger partial charge in [-0.05, 0) is 17.7 Å². The highest BCUT2D eigenvalue weighted by atomic mass is 32.1. The average Bonchev–Trinajstić information content (AvgIpc) is 3.01. The van der Waals surface area contributed by atoms with Gasteiger partial charge in [0.1, 0.15) is 6.07 Å². The lowest BCUT2D eigenvalue weighted by atomic mass is 10.2. The Morgan fingerprint density at radius 3 is 2.70 bits per heavy atom. The van der Waals surface area contributed by atoms with E-state index in [-0.39, 0.29) is 5.56 Å². The molecule has 4 aromatic rings. The summed E-state index contributed by atoms with van der Waals surface area (Å²) >= 11 is 1.23. The van der Waals surface area contributed by atoms with Crippen LogP contribution in [0.2, 0.25) is 0 Å². The number of thiazole rings is 1. The second-order valence-corrected chi connectivity index (χ2v) is 6.10. The third-order valence-corrected chi connectivity index (χ3v) is 4.63. The van der Waals surface area contributed by atoms with E-state index in [1.165, 1.54) is 11.3 Å². The topological polar surface area (TPSA) is 71.6 Å². The van der Waals surface area contributed by atoms with Gasteiger partial charge in [0.2, 0.25) is 0 Å². The van der Waals surface area contributed by atoms with Crippen LogP contribution in [0.1, 0.15) is 10.6 Å². The summed E-state index contributed by atoms with van der Waals surface area (Å²) in [7, 11) is 0. The lowest BCUT2D eigenvalue weighted by Gasteiger charge is -2.07. The smallest absolute Gasteiger partial charge is 0.263 e. The normalized spacial score (nSPS) is 10.9. The van der Waals surface area contributed by atoms with Gasteiger partial charge in [-0.2, -0.15) is 5.26 Å². The van der Waals surface area contributed by atoms with Crippen LogP contribution in [-0.2, 0) is 6.54 Å². The second kappa shape index (κ2) is 5.30. The molecule has 0 aliphatic rings. The van der Waals surface area contributed by atoms with E-state index in [4.69, 9.17) is 5.26 Å². The average molecular weight is 318 g/mol. The lowest BCUT2D eigenvalue weighted by molar-refractivity contribution is 0.749. The molecule has 0 atom stereocenters. The molecule has 23 heavy (non-hydrogen) atoms. The maximum Gasteiger partial charge on any atom is 0.263 e. The summed E-state index contributed by atoms with van der Waals surface area (Å²) in [6, 6.07) is 15.4. The van der Waals surface area contributed by atoms with E-state index in [0.717, 1.165) is 10.3 Å². The molecule has 0 radical (unpaired) electrons. The molecule has 0 saturated carbocycles. The minimum absolute atomic E-state index is 0.113. The number of rotatable bonds is 2. The maximum absolute atomic E-state index is 12.9. The fourth-order valence-corrected chi connectivity index (χ4v) is 3.46. The number of fused-ring (bicyclic) bond motifs is 3. The number of nitrogens with zero attached hydrogens (tertiary/aromatic N) is 4. The predicted molar refractivity (Wildman–Crippen MR) is 89.4 cm³/mol. The molecule has 0 aliphatic carbocycles. The van der Waals surface area contributed by atoms with Crippen molar-refractivity contribution in [3.63, 3.8) is 0 Å². The van der Waals surface area contributed by atoms with Crippen LogP contribution in [0.15, 0.2) is 53.6 Å². The molecule has 110 valence electrons. The molecular weight excluding hydrogens is 308 g/mol. The first-order valence-corrected chi connectivity index (χ1v) is 7.80. The second-order valence-electron chi connectivity index (χ2n) is 5.10. The summed E-state index contributed by atoms with van der Waals surface area (Å²) in [5.74, 6) is 0. The van der Waals surface area contributed by atoms with E-state index in [1.54, 1.807) is 23.0 Å². The van der Waals surface area contributed by atoms with Gasteiger partial charge in [-0.15, -0.1) is 11.3 Å². The van der Waals surface area contributed by atoms with Gasteiger partial charge in [0.25, 0.3) is 5.56 Å². The zero-order valence-corrected chi connectivity index (χ0v) is 12.7. The highest BCUT2D eigenvalue weighted by Gasteiger charge is 2.12. The summed E-state index contributed by atoms with van der Waals surface area (Å²) < 4.78 is 2.31. The number of hydrogen-bond donors (Lipinski definition) is 0. The van der Waals surface area contributed by atoms with Crippen LogP contribution in [0, 0.1) is 11.3 Å². The zero-order chi connectivity index (χ0) is 15.8. The number of hydrogen-bond acceptors (Lipinski definition) is 5. The Morgan fingerprint density at radius 1 is 1.13 bits per heavy atom. The molecule has 0 spiro atoms. The molecular formula is C17H10N4OS. The Hall–Kier alpha value is -3.04. The maximum atomic E-state index is 12.9. The van der Waals surface area contributed by atoms with Crippen molar-refractivity contribution < 1.29 is 0 Å². The summed E-state index contributed by atoms with van der Waals surface area (Å²) in [5, 5.41) is 9.91. The van der Waals surface area contributed by atoms with Crippen LogP contribution < -0.4 is 5.56 Å². The van der Waals surface area contributed by atoms with Crippen LogP contribution in [-0.4, -0.2) is 14.5 Å². The van der Waals surface area contributed by atoms with Gasteiger partial charge in [-0.3, -0.25) is 9.36 Å². The largest absolute Gasteiger partial charge is 0.294 e. The Labute approximate surface area is 135 Å². The van der Waals surface area contributed by atoms with E-state index in [2.05, 4.69) is 9.97 Å². The molecule has 4 rings (SSSR count). The van der Waals surface area contributed by atoms with Crippen molar-refractivity contribution in [3.05, 3.63) is 69.7 Å². The van der Waals surface area contributed by atoms with Gasteiger partial charge in [-0.25, -0.2) is 9.97 Å². The highest BCUT2D eigenvalue weighted by Crippen LogP contribution is 2.27. The van der Waals surface area contributed by atoms with Gasteiger partial charge < -0.3 is 0 Å². The van der Waals surface area contributed by atoms with Gasteiger partial charge >= 0.3 is 0 Å². The predicted octanol–water partition coefficient (Wildman–Crippen LogP) is 2.93. The Balaban J connectivity index is 1.96. The van der Waals surface area contributed by atoms with Crippen molar-refractivity contribution in [2.45, 2.75) is 6.54 Å². The quantitative estimate of drug-likeness (QED) is 0.570. The summed E-state index contributed by atoms with van der Waals surface area (Å²) in [6.07, 6.45) is 1.57. The molecule has 5 nitrogen and oxygen atoms in total. The van der Waals surface area contributed by atoms with Crippen molar-refractivity contribution in [2.24, 2.45) is 0 Å². The first-order chi connectivity index (χ1) is 11.3. The van der Waals surface area contributed by atoms with E-state index in [9.17, 15) is 4.79 Å². The van der Waals surface area contributed by atoms with Crippen molar-refractivity contribution in [1.29, 1.82) is 5.26 Å². The molecule has 2 aromatic heterocycles. The standard InChI is InChI=1S/C17H10N4OS/c18-8-14-20-13-7-6-12-15(16(13)23-14)17(22)21(10-19-12)9-11-4-2-1-3-5-11/h1-7,10H,9H2. The molecule has 2 heterocycles. The minimum atomic E-state index is -0.113. The van der Waals surface area contributed by atoms with Crippen LogP contribution in [0.3, 0.4) is 0 Å². The lowest BCUT2D eigenvalue weighted by Crippen LogP contribution is -2.21. The van der Waals surface area contributed by atoms with Crippen molar-refractivity contribution in [1.82, 2.24) is 14.5 Å². The summed E-state index contributed by atoms with van der Waals surface area (Å²) in [5.41, 5.74) is 2.21. The Kier molecular flexibility index (Phi) is 3.14. The van der Waals surface area contributed by atoms with Crippen molar-refractivity contribution in [2.75, 3.05) is 0 Å². The van der Waals surface area contributed by atoms with Gasteiger partial charge in [-0.1, -0.05) is 30.3 Å². The van der Waals surface area contributed by atoms with E-state index in [1.807, 2.05) is 36.4 Å². The van der Waals surface area contributed by atoms with E-state index < -0.39 is 0 Å². The van der Waals surface area contributed by atoms with E-state index >= 15 is 0 Å². The van der Waals surface area contributed by atoms with Gasteiger partial charge in [0.05, 0.1) is 34.0 Å². The zero-order valence-electron chi connectivity index (χ0n) is 11.9.